The van der Waals surface area contributed by atoms with Crippen LogP contribution < -0.4 is 0 Å². The van der Waals surface area contributed by atoms with E-state index in [4.69, 9.17) is 61.6 Å². The summed E-state index contributed by atoms with van der Waals surface area (Å²) in [5, 5.41) is 0. The minimum Gasteiger partial charge on any atom is -0.444 e. The fourth-order valence-corrected chi connectivity index (χ4v) is 3.22. The largest absolute Gasteiger partial charge is 0.444 e. The van der Waals surface area contributed by atoms with Gasteiger partial charge in [0.1, 0.15) is 5.60 Å². The Morgan fingerprint density at radius 1 is 0.458 bits per heavy atom. The van der Waals surface area contributed by atoms with Gasteiger partial charge in [-0.25, -0.2) is 4.79 Å². The molecule has 0 fully saturated rings. The van der Waals surface area contributed by atoms with Gasteiger partial charge in [0, 0.05) is 13.6 Å². The van der Waals surface area contributed by atoms with E-state index >= 15 is 0 Å². The third-order valence-electron chi connectivity index (χ3n) is 5.60. The van der Waals surface area contributed by atoms with E-state index in [1.165, 1.54) is 4.90 Å². The van der Waals surface area contributed by atoms with E-state index in [0.29, 0.717) is 165 Å². The summed E-state index contributed by atoms with van der Waals surface area (Å²) in [6.45, 7) is 21.5. The predicted octanol–water partition coefficient (Wildman–Crippen LogP) is 2.24. The molecule has 0 rings (SSSR count). The number of hydrogen-bond donors (Lipinski definition) is 0. The van der Waals surface area contributed by atoms with Crippen LogP contribution in [0.3, 0.4) is 0 Å². The van der Waals surface area contributed by atoms with Crippen LogP contribution >= 0.6 is 0 Å². The van der Waals surface area contributed by atoms with Crippen molar-refractivity contribution in [2.24, 2.45) is 0 Å². The molecule has 0 bridgehead atoms. The van der Waals surface area contributed by atoms with Gasteiger partial charge < -0.3 is 66.5 Å². The molecule has 286 valence electrons. The van der Waals surface area contributed by atoms with Crippen LogP contribution in [0.5, 0.6) is 0 Å². The van der Waals surface area contributed by atoms with E-state index in [1.54, 1.807) is 13.1 Å². The molecule has 15 heteroatoms. The summed E-state index contributed by atoms with van der Waals surface area (Å²) in [6, 6.07) is 0. The van der Waals surface area contributed by atoms with Gasteiger partial charge >= 0.3 is 6.09 Å². The van der Waals surface area contributed by atoms with Gasteiger partial charge in [0.2, 0.25) is 0 Å². The van der Waals surface area contributed by atoms with Crippen LogP contribution in [0.4, 0.5) is 4.79 Å². The second-order valence-electron chi connectivity index (χ2n) is 11.0. The molecule has 0 radical (unpaired) electrons. The van der Waals surface area contributed by atoms with E-state index in [-0.39, 0.29) is 6.09 Å². The molecule has 48 heavy (non-hydrogen) atoms. The normalized spacial score (nSPS) is 11.7. The second kappa shape index (κ2) is 36.8. The molecule has 0 spiro atoms. The van der Waals surface area contributed by atoms with Gasteiger partial charge in [-0.3, -0.25) is 0 Å². The van der Waals surface area contributed by atoms with Crippen molar-refractivity contribution in [1.82, 2.24) is 4.90 Å². The number of carbonyl (C=O) groups is 1. The molecule has 0 aliphatic carbocycles. The van der Waals surface area contributed by atoms with Crippen molar-refractivity contribution in [3.05, 3.63) is 12.7 Å². The Balaban J connectivity index is 3.13. The van der Waals surface area contributed by atoms with Crippen LogP contribution in [0.1, 0.15) is 20.8 Å². The van der Waals surface area contributed by atoms with Crippen molar-refractivity contribution >= 4 is 6.09 Å². The zero-order chi connectivity index (χ0) is 35.2. The highest BCUT2D eigenvalue weighted by atomic mass is 16.6. The highest BCUT2D eigenvalue weighted by molar-refractivity contribution is 5.67. The van der Waals surface area contributed by atoms with Crippen molar-refractivity contribution < 1.29 is 66.4 Å². The second-order valence-corrected chi connectivity index (χ2v) is 11.0. The van der Waals surface area contributed by atoms with E-state index in [2.05, 4.69) is 6.58 Å². The van der Waals surface area contributed by atoms with Gasteiger partial charge in [-0.1, -0.05) is 6.08 Å². The number of carbonyl (C=O) groups excluding carboxylic acids is 1. The zero-order valence-corrected chi connectivity index (χ0v) is 30.1. The van der Waals surface area contributed by atoms with Gasteiger partial charge in [-0.15, -0.1) is 6.58 Å². The number of amides is 1. The number of likely N-dealkylation sites (N-methyl/N-ethyl adjacent to an activating group) is 1. The lowest BCUT2D eigenvalue weighted by atomic mass is 10.2. The molecular formula is C33H65NO14. The van der Waals surface area contributed by atoms with E-state index in [9.17, 15) is 4.79 Å². The summed E-state index contributed by atoms with van der Waals surface area (Å²) in [5.41, 5.74) is -0.511. The Bertz CT molecular complexity index is 683. The fraction of sp³-hybridized carbons (Fsp3) is 0.909. The summed E-state index contributed by atoms with van der Waals surface area (Å²) in [4.78, 5) is 13.3. The molecule has 0 aromatic carbocycles. The predicted molar refractivity (Wildman–Crippen MR) is 179 cm³/mol. The molecule has 0 aliphatic heterocycles. The van der Waals surface area contributed by atoms with Crippen LogP contribution in [-0.2, 0) is 61.6 Å². The number of hydrogen-bond acceptors (Lipinski definition) is 14. The smallest absolute Gasteiger partial charge is 0.410 e. The van der Waals surface area contributed by atoms with Crippen molar-refractivity contribution in [1.29, 1.82) is 0 Å². The Morgan fingerprint density at radius 2 is 0.688 bits per heavy atom. The molecule has 0 saturated carbocycles. The summed E-state index contributed by atoms with van der Waals surface area (Å²) in [5.74, 6) is 0. The molecule has 15 nitrogen and oxygen atoms in total. The quantitative estimate of drug-likeness (QED) is 0.0687. The lowest BCUT2D eigenvalue weighted by Gasteiger charge is -2.24. The Hall–Kier alpha value is -1.47. The van der Waals surface area contributed by atoms with E-state index < -0.39 is 5.60 Å². The summed E-state index contributed by atoms with van der Waals surface area (Å²) in [7, 11) is 1.68. The Labute approximate surface area is 288 Å². The van der Waals surface area contributed by atoms with Crippen LogP contribution in [0.2, 0.25) is 0 Å². The standard InChI is InChI=1S/C33H65NO14/c1-6-8-36-10-12-38-14-16-40-18-20-42-22-24-44-26-28-46-30-31-47-29-27-45-25-23-43-21-19-41-17-15-39-13-11-37-9-7-34(5)32(35)48-33(2,3)4/h6H,1,7-31H2,2-5H3. The monoisotopic (exact) mass is 699 g/mol. The van der Waals surface area contributed by atoms with Gasteiger partial charge in [0.15, 0.2) is 0 Å². The first-order valence-electron chi connectivity index (χ1n) is 16.8. The first-order chi connectivity index (χ1) is 23.4. The molecule has 0 unspecified atom stereocenters. The minimum atomic E-state index is -0.511. The zero-order valence-electron chi connectivity index (χ0n) is 30.1. The van der Waals surface area contributed by atoms with Gasteiger partial charge in [0.25, 0.3) is 0 Å². The van der Waals surface area contributed by atoms with Crippen LogP contribution in [0, 0.1) is 0 Å². The SMILES string of the molecule is C=CCOCCOCCOCCOCCOCCOCCOCCOCCOCCOCCOCCOCCN(C)C(=O)OC(C)(C)C. The molecule has 0 saturated heterocycles. The van der Waals surface area contributed by atoms with Crippen LogP contribution in [0.15, 0.2) is 12.7 Å². The third-order valence-corrected chi connectivity index (χ3v) is 5.60. The average Bonchev–Trinajstić information content (AvgIpc) is 3.05. The van der Waals surface area contributed by atoms with Crippen molar-refractivity contribution in [3.63, 3.8) is 0 Å². The molecule has 1 amide bonds. The number of nitrogens with zero attached hydrogens (tertiary/aromatic N) is 1. The Kier molecular flexibility index (Phi) is 35.7. The molecule has 0 atom stereocenters. The summed E-state index contributed by atoms with van der Waals surface area (Å²) < 4.78 is 70.5. The number of rotatable bonds is 38. The lowest BCUT2D eigenvalue weighted by molar-refractivity contribution is -0.0283. The molecule has 0 heterocycles. The highest BCUT2D eigenvalue weighted by Gasteiger charge is 2.19. The lowest BCUT2D eigenvalue weighted by Crippen LogP contribution is -2.36. The van der Waals surface area contributed by atoms with Crippen molar-refractivity contribution in [2.75, 3.05) is 172 Å². The summed E-state index contributed by atoms with van der Waals surface area (Å²) >= 11 is 0. The maximum Gasteiger partial charge on any atom is 0.410 e. The maximum atomic E-state index is 11.9. The Morgan fingerprint density at radius 3 is 0.917 bits per heavy atom. The van der Waals surface area contributed by atoms with Crippen molar-refractivity contribution in [3.8, 4) is 0 Å². The fourth-order valence-electron chi connectivity index (χ4n) is 3.22. The molecule has 0 aliphatic rings. The average molecular weight is 700 g/mol. The van der Waals surface area contributed by atoms with Crippen molar-refractivity contribution in [2.45, 2.75) is 26.4 Å². The topological polar surface area (TPSA) is 140 Å². The van der Waals surface area contributed by atoms with Crippen LogP contribution in [0.25, 0.3) is 0 Å². The van der Waals surface area contributed by atoms with E-state index in [1.807, 2.05) is 20.8 Å². The van der Waals surface area contributed by atoms with Gasteiger partial charge in [-0.2, -0.15) is 0 Å². The first-order valence-corrected chi connectivity index (χ1v) is 16.8. The first kappa shape index (κ1) is 46.5. The van der Waals surface area contributed by atoms with Gasteiger partial charge in [-0.05, 0) is 20.8 Å². The molecule has 0 aromatic rings. The maximum absolute atomic E-state index is 11.9. The summed E-state index contributed by atoms with van der Waals surface area (Å²) in [6.07, 6.45) is 1.34. The molecule has 0 aromatic heterocycles. The van der Waals surface area contributed by atoms with E-state index in [0.717, 1.165) is 0 Å². The molecular weight excluding hydrogens is 634 g/mol. The van der Waals surface area contributed by atoms with Crippen LogP contribution in [-0.4, -0.2) is 189 Å². The molecule has 0 N–H and O–H groups in total. The highest BCUT2D eigenvalue weighted by Crippen LogP contribution is 2.08. The number of ether oxygens (including phenoxy) is 13. The van der Waals surface area contributed by atoms with Gasteiger partial charge in [0.05, 0.1) is 159 Å². The minimum absolute atomic E-state index is 0.365. The third kappa shape index (κ3) is 39.0.